The minimum Gasteiger partial charge on any atom is -0.507 e. The minimum atomic E-state index is -0.633. The Hall–Kier alpha value is -2.47. The van der Waals surface area contributed by atoms with E-state index in [4.69, 9.17) is 5.11 Å². The summed E-state index contributed by atoms with van der Waals surface area (Å²) in [7, 11) is 0. The molecule has 0 aliphatic carbocycles. The van der Waals surface area contributed by atoms with Gasteiger partial charge in [-0.2, -0.15) is 0 Å². The number of pyridine rings is 1. The predicted octanol–water partition coefficient (Wildman–Crippen LogP) is 1.67. The van der Waals surface area contributed by atoms with E-state index < -0.39 is 17.5 Å². The van der Waals surface area contributed by atoms with Gasteiger partial charge in [0.15, 0.2) is 0 Å². The third-order valence-electron chi connectivity index (χ3n) is 2.53. The van der Waals surface area contributed by atoms with Crippen molar-refractivity contribution in [1.82, 2.24) is 4.98 Å². The van der Waals surface area contributed by atoms with E-state index in [1.54, 1.807) is 6.07 Å². The van der Waals surface area contributed by atoms with Crippen LogP contribution in [0, 0.1) is 5.82 Å². The Morgan fingerprint density at radius 2 is 2.16 bits per heavy atom. The summed E-state index contributed by atoms with van der Waals surface area (Å²) < 4.78 is 12.8. The smallest absolute Gasteiger partial charge is 0.259 e. The van der Waals surface area contributed by atoms with Crippen molar-refractivity contribution in [2.24, 2.45) is 0 Å². The number of halogens is 1. The number of amides is 1. The van der Waals surface area contributed by atoms with Crippen LogP contribution in [0.25, 0.3) is 0 Å². The van der Waals surface area contributed by atoms with Gasteiger partial charge < -0.3 is 15.5 Å². The molecule has 0 bridgehead atoms. The van der Waals surface area contributed by atoms with Crippen molar-refractivity contribution < 1.29 is 19.4 Å². The lowest BCUT2D eigenvalue weighted by Gasteiger charge is -2.09. The highest BCUT2D eigenvalue weighted by Crippen LogP contribution is 2.20. The van der Waals surface area contributed by atoms with E-state index in [0.717, 1.165) is 12.1 Å². The average molecular weight is 262 g/mol. The fourth-order valence-electron chi connectivity index (χ4n) is 1.56. The topological polar surface area (TPSA) is 82.5 Å². The zero-order chi connectivity index (χ0) is 13.8. The number of aliphatic hydroxyl groups is 1. The van der Waals surface area contributed by atoms with Crippen LogP contribution < -0.4 is 5.32 Å². The van der Waals surface area contributed by atoms with Gasteiger partial charge in [0.1, 0.15) is 11.6 Å². The summed E-state index contributed by atoms with van der Waals surface area (Å²) in [6.45, 7) is -0.256. The molecule has 2 rings (SSSR count). The lowest BCUT2D eigenvalue weighted by molar-refractivity contribution is 0.102. The maximum Gasteiger partial charge on any atom is 0.259 e. The van der Waals surface area contributed by atoms with E-state index in [1.165, 1.54) is 18.5 Å². The Labute approximate surface area is 108 Å². The lowest BCUT2D eigenvalue weighted by atomic mass is 10.1. The molecule has 3 N–H and O–H groups in total. The Morgan fingerprint density at radius 1 is 1.37 bits per heavy atom. The molecule has 6 heteroatoms. The van der Waals surface area contributed by atoms with E-state index in [-0.39, 0.29) is 12.2 Å². The van der Waals surface area contributed by atoms with Crippen LogP contribution in [-0.2, 0) is 6.61 Å². The Balaban J connectivity index is 2.26. The van der Waals surface area contributed by atoms with Crippen molar-refractivity contribution in [3.05, 3.63) is 53.6 Å². The molecule has 0 saturated carbocycles. The van der Waals surface area contributed by atoms with Crippen molar-refractivity contribution in [2.45, 2.75) is 6.61 Å². The van der Waals surface area contributed by atoms with Crippen molar-refractivity contribution in [3.8, 4) is 5.75 Å². The molecule has 0 fully saturated rings. The first-order chi connectivity index (χ1) is 9.11. The highest BCUT2D eigenvalue weighted by molar-refractivity contribution is 6.06. The van der Waals surface area contributed by atoms with E-state index in [1.807, 2.05) is 0 Å². The third kappa shape index (κ3) is 2.86. The summed E-state index contributed by atoms with van der Waals surface area (Å²) >= 11 is 0. The summed E-state index contributed by atoms with van der Waals surface area (Å²) in [5.74, 6) is -1.70. The number of nitrogens with one attached hydrogen (secondary N) is 1. The summed E-state index contributed by atoms with van der Waals surface area (Å²) in [5.41, 5.74) is 0.762. The van der Waals surface area contributed by atoms with Crippen LogP contribution in [0.2, 0.25) is 0 Å². The van der Waals surface area contributed by atoms with Crippen molar-refractivity contribution in [3.63, 3.8) is 0 Å². The highest BCUT2D eigenvalue weighted by atomic mass is 19.1. The van der Waals surface area contributed by atoms with Gasteiger partial charge in [0.25, 0.3) is 5.91 Å². The number of phenolic OH excluding ortho intramolecular Hbond substituents is 1. The molecule has 5 nitrogen and oxygen atoms in total. The molecule has 0 unspecified atom stereocenters. The van der Waals surface area contributed by atoms with Gasteiger partial charge in [-0.1, -0.05) is 0 Å². The predicted molar refractivity (Wildman–Crippen MR) is 66.2 cm³/mol. The lowest BCUT2D eigenvalue weighted by Crippen LogP contribution is -2.14. The van der Waals surface area contributed by atoms with Crippen LogP contribution in [0.15, 0.2) is 36.7 Å². The fourth-order valence-corrected chi connectivity index (χ4v) is 1.56. The first kappa shape index (κ1) is 13.0. The zero-order valence-corrected chi connectivity index (χ0v) is 9.80. The summed E-state index contributed by atoms with van der Waals surface area (Å²) in [6.07, 6.45) is 2.86. The number of anilines is 1. The number of aliphatic hydroxyl groups excluding tert-OH is 1. The van der Waals surface area contributed by atoms with Gasteiger partial charge in [0, 0.05) is 17.8 Å². The number of benzene rings is 1. The van der Waals surface area contributed by atoms with E-state index in [9.17, 15) is 14.3 Å². The molecule has 1 aromatic carbocycles. The molecular formula is C13H11FN2O3. The van der Waals surface area contributed by atoms with Crippen molar-refractivity contribution in [2.75, 3.05) is 5.32 Å². The fraction of sp³-hybridized carbons (Fsp3) is 0.0769. The second-order valence-electron chi connectivity index (χ2n) is 3.81. The van der Waals surface area contributed by atoms with E-state index in [0.29, 0.717) is 11.3 Å². The summed E-state index contributed by atoms with van der Waals surface area (Å²) in [5, 5.41) is 21.1. The number of aromatic hydroxyl groups is 1. The standard InChI is InChI=1S/C13H11FN2O3/c14-9-1-2-10(12(18)5-9)13(19)16-11-6-15-4-3-8(11)7-17/h1-6,17-18H,7H2,(H,16,19). The van der Waals surface area contributed by atoms with Crippen LogP contribution in [0.1, 0.15) is 15.9 Å². The molecule has 2 aromatic rings. The molecule has 0 atom stereocenters. The minimum absolute atomic E-state index is 0.0610. The molecule has 19 heavy (non-hydrogen) atoms. The first-order valence-corrected chi connectivity index (χ1v) is 5.45. The largest absolute Gasteiger partial charge is 0.507 e. The van der Waals surface area contributed by atoms with Gasteiger partial charge >= 0.3 is 0 Å². The van der Waals surface area contributed by atoms with Crippen molar-refractivity contribution in [1.29, 1.82) is 0 Å². The normalized spacial score (nSPS) is 10.2. The summed E-state index contributed by atoms with van der Waals surface area (Å²) in [6, 6.07) is 4.66. The Bertz CT molecular complexity index is 617. The van der Waals surface area contributed by atoms with Crippen LogP contribution >= 0.6 is 0 Å². The summed E-state index contributed by atoms with van der Waals surface area (Å²) in [4.78, 5) is 15.7. The van der Waals surface area contributed by atoms with Gasteiger partial charge in [0.05, 0.1) is 24.1 Å². The van der Waals surface area contributed by atoms with E-state index >= 15 is 0 Å². The van der Waals surface area contributed by atoms with Crippen LogP contribution in [-0.4, -0.2) is 21.1 Å². The maximum absolute atomic E-state index is 12.8. The first-order valence-electron chi connectivity index (χ1n) is 5.45. The molecular weight excluding hydrogens is 251 g/mol. The van der Waals surface area contributed by atoms with Gasteiger partial charge in [-0.05, 0) is 18.2 Å². The highest BCUT2D eigenvalue weighted by Gasteiger charge is 2.13. The van der Waals surface area contributed by atoms with Gasteiger partial charge in [-0.25, -0.2) is 4.39 Å². The molecule has 98 valence electrons. The van der Waals surface area contributed by atoms with Crippen LogP contribution in [0.3, 0.4) is 0 Å². The number of phenols is 1. The van der Waals surface area contributed by atoms with Crippen LogP contribution in [0.4, 0.5) is 10.1 Å². The second-order valence-corrected chi connectivity index (χ2v) is 3.81. The molecule has 0 aliphatic heterocycles. The maximum atomic E-state index is 12.8. The molecule has 1 aromatic heterocycles. The SMILES string of the molecule is O=C(Nc1cnccc1CO)c1ccc(F)cc1O. The second kappa shape index (κ2) is 5.45. The van der Waals surface area contributed by atoms with Gasteiger partial charge in [-0.15, -0.1) is 0 Å². The number of nitrogens with zero attached hydrogens (tertiary/aromatic N) is 1. The van der Waals surface area contributed by atoms with Crippen molar-refractivity contribution >= 4 is 11.6 Å². The number of carbonyl (C=O) groups excluding carboxylic acids is 1. The molecule has 1 amide bonds. The monoisotopic (exact) mass is 262 g/mol. The quantitative estimate of drug-likeness (QED) is 0.785. The molecule has 0 spiro atoms. The van der Waals surface area contributed by atoms with Crippen LogP contribution in [0.5, 0.6) is 5.75 Å². The Morgan fingerprint density at radius 3 is 2.84 bits per heavy atom. The van der Waals surface area contributed by atoms with E-state index in [2.05, 4.69) is 10.3 Å². The number of rotatable bonds is 3. The third-order valence-corrected chi connectivity index (χ3v) is 2.53. The molecule has 1 heterocycles. The zero-order valence-electron chi connectivity index (χ0n) is 9.80. The number of carbonyl (C=O) groups is 1. The molecule has 0 aliphatic rings. The molecule has 0 saturated heterocycles. The van der Waals surface area contributed by atoms with Gasteiger partial charge in [0.2, 0.25) is 0 Å². The Kier molecular flexibility index (Phi) is 3.72. The number of hydrogen-bond donors (Lipinski definition) is 3. The molecule has 0 radical (unpaired) electrons. The number of aromatic nitrogens is 1. The number of hydrogen-bond acceptors (Lipinski definition) is 4. The van der Waals surface area contributed by atoms with Gasteiger partial charge in [-0.3, -0.25) is 9.78 Å². The average Bonchev–Trinajstić information content (AvgIpc) is 2.39.